The summed E-state index contributed by atoms with van der Waals surface area (Å²) < 4.78 is 5.30. The van der Waals surface area contributed by atoms with Gasteiger partial charge in [0.25, 0.3) is 0 Å². The first-order chi connectivity index (χ1) is 12.2. The van der Waals surface area contributed by atoms with Gasteiger partial charge >= 0.3 is 0 Å². The first-order valence-corrected chi connectivity index (χ1v) is 9.53. The molecule has 1 aromatic heterocycles. The molecule has 2 heterocycles. The van der Waals surface area contributed by atoms with Crippen molar-refractivity contribution in [3.8, 4) is 5.75 Å². The third-order valence-electron chi connectivity index (χ3n) is 4.69. The van der Waals surface area contributed by atoms with Gasteiger partial charge in [-0.1, -0.05) is 12.1 Å². The van der Waals surface area contributed by atoms with Crippen LogP contribution in [0.15, 0.2) is 41.1 Å². The van der Waals surface area contributed by atoms with Gasteiger partial charge in [0.15, 0.2) is 0 Å². The number of ether oxygens (including phenoxy) is 1. The van der Waals surface area contributed by atoms with Crippen molar-refractivity contribution in [2.45, 2.75) is 19.5 Å². The molecule has 25 heavy (non-hydrogen) atoms. The third kappa shape index (κ3) is 4.60. The van der Waals surface area contributed by atoms with Crippen molar-refractivity contribution in [3.05, 3.63) is 46.7 Å². The lowest BCUT2D eigenvalue weighted by Gasteiger charge is -2.37. The van der Waals surface area contributed by atoms with Gasteiger partial charge in [0, 0.05) is 32.7 Å². The molecule has 1 aliphatic rings. The monoisotopic (exact) mass is 359 g/mol. The predicted octanol–water partition coefficient (Wildman–Crippen LogP) is 2.90. The van der Waals surface area contributed by atoms with E-state index in [0.29, 0.717) is 5.75 Å². The van der Waals surface area contributed by atoms with Crippen molar-refractivity contribution >= 4 is 22.9 Å². The molecule has 134 valence electrons. The number of carbonyl (C=O) groups excluding carboxylic acids is 1. The standard InChI is InChI=1S/C19H25N3O2S/c1-15(19(23)20-17-5-3-4-6-18(17)24-2)22-10-8-21(9-11-22)13-16-7-12-25-14-16/h3-7,12,14-15H,8-11,13H2,1-2H3,(H,20,23)/t15-/m1/s1. The van der Waals surface area contributed by atoms with E-state index in [0.717, 1.165) is 38.4 Å². The van der Waals surface area contributed by atoms with E-state index < -0.39 is 0 Å². The Labute approximate surface area is 153 Å². The Hall–Kier alpha value is -1.89. The number of benzene rings is 1. The van der Waals surface area contributed by atoms with Gasteiger partial charge in [0.05, 0.1) is 18.8 Å². The normalized spacial score (nSPS) is 17.2. The molecule has 2 aromatic rings. The summed E-state index contributed by atoms with van der Waals surface area (Å²) in [4.78, 5) is 17.3. The minimum absolute atomic E-state index is 0.00999. The maximum Gasteiger partial charge on any atom is 0.241 e. The average molecular weight is 359 g/mol. The van der Waals surface area contributed by atoms with Crippen molar-refractivity contribution in [1.82, 2.24) is 9.80 Å². The van der Waals surface area contributed by atoms with Crippen LogP contribution in [0.5, 0.6) is 5.75 Å². The lowest BCUT2D eigenvalue weighted by molar-refractivity contribution is -0.121. The van der Waals surface area contributed by atoms with E-state index in [1.54, 1.807) is 18.4 Å². The molecule has 3 rings (SSSR count). The van der Waals surface area contributed by atoms with Gasteiger partial charge < -0.3 is 10.1 Å². The number of amides is 1. The molecule has 1 saturated heterocycles. The molecule has 6 heteroatoms. The fourth-order valence-electron chi connectivity index (χ4n) is 3.10. The summed E-state index contributed by atoms with van der Waals surface area (Å²) in [6, 6.07) is 9.52. The first kappa shape index (κ1) is 17.9. The van der Waals surface area contributed by atoms with E-state index >= 15 is 0 Å². The number of hydrogen-bond acceptors (Lipinski definition) is 5. The van der Waals surface area contributed by atoms with Gasteiger partial charge in [-0.25, -0.2) is 0 Å². The van der Waals surface area contributed by atoms with E-state index in [4.69, 9.17) is 4.74 Å². The molecule has 1 N–H and O–H groups in total. The van der Waals surface area contributed by atoms with Gasteiger partial charge in [-0.2, -0.15) is 11.3 Å². The Kier molecular flexibility index (Phi) is 6.07. The van der Waals surface area contributed by atoms with Gasteiger partial charge in [-0.3, -0.25) is 14.6 Å². The van der Waals surface area contributed by atoms with E-state index in [2.05, 4.69) is 31.9 Å². The van der Waals surface area contributed by atoms with Crippen molar-refractivity contribution in [1.29, 1.82) is 0 Å². The number of anilines is 1. The fourth-order valence-corrected chi connectivity index (χ4v) is 3.76. The van der Waals surface area contributed by atoms with Gasteiger partial charge in [0.1, 0.15) is 5.75 Å². The highest BCUT2D eigenvalue weighted by Crippen LogP contribution is 2.23. The summed E-state index contributed by atoms with van der Waals surface area (Å²) in [5.41, 5.74) is 2.10. The zero-order chi connectivity index (χ0) is 17.6. The highest BCUT2D eigenvalue weighted by molar-refractivity contribution is 7.07. The average Bonchev–Trinajstić information content (AvgIpc) is 3.15. The van der Waals surface area contributed by atoms with Crippen LogP contribution in [0.2, 0.25) is 0 Å². The number of nitrogens with one attached hydrogen (secondary N) is 1. The second-order valence-corrected chi connectivity index (χ2v) is 7.09. The molecule has 1 atom stereocenters. The van der Waals surface area contributed by atoms with Crippen molar-refractivity contribution < 1.29 is 9.53 Å². The van der Waals surface area contributed by atoms with Crippen LogP contribution >= 0.6 is 11.3 Å². The van der Waals surface area contributed by atoms with Crippen LogP contribution in [0, 0.1) is 0 Å². The van der Waals surface area contributed by atoms with Crippen LogP contribution in [-0.2, 0) is 11.3 Å². The van der Waals surface area contributed by atoms with Crippen LogP contribution in [0.1, 0.15) is 12.5 Å². The lowest BCUT2D eigenvalue weighted by atomic mass is 10.2. The highest BCUT2D eigenvalue weighted by Gasteiger charge is 2.26. The van der Waals surface area contributed by atoms with Crippen molar-refractivity contribution in [3.63, 3.8) is 0 Å². The summed E-state index contributed by atoms with van der Waals surface area (Å²) in [7, 11) is 1.61. The molecule has 0 saturated carbocycles. The number of piperazine rings is 1. The summed E-state index contributed by atoms with van der Waals surface area (Å²) in [5, 5.41) is 7.31. The fraction of sp³-hybridized carbons (Fsp3) is 0.421. The number of hydrogen-bond donors (Lipinski definition) is 1. The summed E-state index contributed by atoms with van der Waals surface area (Å²) in [5.74, 6) is 0.694. The minimum atomic E-state index is -0.159. The molecule has 0 spiro atoms. The van der Waals surface area contributed by atoms with E-state index in [9.17, 15) is 4.79 Å². The predicted molar refractivity (Wildman–Crippen MR) is 102 cm³/mol. The largest absolute Gasteiger partial charge is 0.495 e. The van der Waals surface area contributed by atoms with Crippen LogP contribution in [0.3, 0.4) is 0 Å². The number of methoxy groups -OCH3 is 1. The molecule has 0 bridgehead atoms. The van der Waals surface area contributed by atoms with E-state index in [1.807, 2.05) is 31.2 Å². The van der Waals surface area contributed by atoms with Gasteiger partial charge in [-0.15, -0.1) is 0 Å². The highest BCUT2D eigenvalue weighted by atomic mass is 32.1. The van der Waals surface area contributed by atoms with Crippen LogP contribution in [-0.4, -0.2) is 55.0 Å². The lowest BCUT2D eigenvalue weighted by Crippen LogP contribution is -2.52. The summed E-state index contributed by atoms with van der Waals surface area (Å²) >= 11 is 1.74. The second-order valence-electron chi connectivity index (χ2n) is 6.31. The zero-order valence-corrected chi connectivity index (χ0v) is 15.6. The summed E-state index contributed by atoms with van der Waals surface area (Å²) in [6.07, 6.45) is 0. The molecular formula is C19H25N3O2S. The van der Waals surface area contributed by atoms with Crippen LogP contribution < -0.4 is 10.1 Å². The van der Waals surface area contributed by atoms with Crippen molar-refractivity contribution in [2.75, 3.05) is 38.6 Å². The van der Waals surface area contributed by atoms with E-state index in [-0.39, 0.29) is 11.9 Å². The van der Waals surface area contributed by atoms with Gasteiger partial charge in [0.2, 0.25) is 5.91 Å². The van der Waals surface area contributed by atoms with E-state index in [1.165, 1.54) is 5.56 Å². The Morgan fingerprint density at radius 3 is 2.68 bits per heavy atom. The number of thiophene rings is 1. The molecule has 0 unspecified atom stereocenters. The number of carbonyl (C=O) groups is 1. The van der Waals surface area contributed by atoms with Gasteiger partial charge in [-0.05, 0) is 41.4 Å². The molecule has 0 aliphatic carbocycles. The topological polar surface area (TPSA) is 44.8 Å². The first-order valence-electron chi connectivity index (χ1n) is 8.58. The Morgan fingerprint density at radius 1 is 1.24 bits per heavy atom. The SMILES string of the molecule is COc1ccccc1NC(=O)[C@@H](C)N1CCN(Cc2ccsc2)CC1. The minimum Gasteiger partial charge on any atom is -0.495 e. The van der Waals surface area contributed by atoms with Crippen LogP contribution in [0.4, 0.5) is 5.69 Å². The Bertz CT molecular complexity index is 682. The molecule has 0 radical (unpaired) electrons. The Balaban J connectivity index is 1.51. The molecule has 1 fully saturated rings. The molecule has 1 amide bonds. The van der Waals surface area contributed by atoms with Crippen molar-refractivity contribution in [2.24, 2.45) is 0 Å². The maximum absolute atomic E-state index is 12.6. The molecule has 1 aliphatic heterocycles. The number of para-hydroxylation sites is 2. The number of rotatable bonds is 6. The third-order valence-corrected chi connectivity index (χ3v) is 5.42. The zero-order valence-electron chi connectivity index (χ0n) is 14.8. The molecule has 5 nitrogen and oxygen atoms in total. The Morgan fingerprint density at radius 2 is 2.00 bits per heavy atom. The second kappa shape index (κ2) is 8.47. The quantitative estimate of drug-likeness (QED) is 0.861. The smallest absolute Gasteiger partial charge is 0.241 e. The maximum atomic E-state index is 12.6. The number of nitrogens with zero attached hydrogens (tertiary/aromatic N) is 2. The molecular weight excluding hydrogens is 334 g/mol. The van der Waals surface area contributed by atoms with Crippen LogP contribution in [0.25, 0.3) is 0 Å². The molecule has 1 aromatic carbocycles. The summed E-state index contributed by atoms with van der Waals surface area (Å²) in [6.45, 7) is 6.76.